The number of hydrogen-bond donors (Lipinski definition) is 1. The molecule has 2 N–H and O–H groups in total. The lowest BCUT2D eigenvalue weighted by Gasteiger charge is -2.04. The summed E-state index contributed by atoms with van der Waals surface area (Å²) in [6.07, 6.45) is 0. The minimum atomic E-state index is 0.493. The molecule has 0 radical (unpaired) electrons. The number of aromatic nitrogens is 3. The highest BCUT2D eigenvalue weighted by molar-refractivity contribution is 6.33. The smallest absolute Gasteiger partial charge is 0.115 e. The second kappa shape index (κ2) is 4.46. The van der Waals surface area contributed by atoms with Gasteiger partial charge in [0, 0.05) is 5.39 Å². The van der Waals surface area contributed by atoms with Crippen molar-refractivity contribution in [3.05, 3.63) is 59.6 Å². The number of nitrogens with zero attached hydrogens (tertiary/aromatic N) is 3. The Hall–Kier alpha value is -2.59. The Bertz CT molecular complexity index is 930. The Morgan fingerprint density at radius 1 is 0.905 bits per heavy atom. The van der Waals surface area contributed by atoms with Crippen LogP contribution in [0.3, 0.4) is 0 Å². The highest BCUT2D eigenvalue weighted by atomic mass is 35.5. The van der Waals surface area contributed by atoms with Gasteiger partial charge < -0.3 is 5.73 Å². The van der Waals surface area contributed by atoms with Gasteiger partial charge in [-0.25, -0.2) is 0 Å². The van der Waals surface area contributed by atoms with Crippen LogP contribution in [0.5, 0.6) is 0 Å². The summed E-state index contributed by atoms with van der Waals surface area (Å²) in [6, 6.07) is 17.7. The summed E-state index contributed by atoms with van der Waals surface area (Å²) in [6.45, 7) is 0. The summed E-state index contributed by atoms with van der Waals surface area (Å²) in [4.78, 5) is 1.63. The van der Waals surface area contributed by atoms with Crippen LogP contribution in [-0.4, -0.2) is 15.0 Å². The average Bonchev–Trinajstić information content (AvgIpc) is 2.90. The second-order valence-corrected chi connectivity index (χ2v) is 5.26. The quantitative estimate of drug-likeness (QED) is 0.543. The van der Waals surface area contributed by atoms with Crippen LogP contribution < -0.4 is 5.73 Å². The Balaban J connectivity index is 2.00. The molecule has 4 rings (SSSR count). The number of nitrogens with two attached hydrogens (primary N) is 1. The van der Waals surface area contributed by atoms with Gasteiger partial charge in [0.05, 0.1) is 16.4 Å². The maximum absolute atomic E-state index is 6.04. The molecular weight excluding hydrogens is 284 g/mol. The SMILES string of the molecule is Nc1cc2nn(-c3cccc4ccccc34)nc2cc1Cl. The number of anilines is 1. The number of nitrogen functional groups attached to an aromatic ring is 1. The molecule has 1 heterocycles. The third-order valence-corrected chi connectivity index (χ3v) is 3.81. The van der Waals surface area contributed by atoms with Crippen LogP contribution in [-0.2, 0) is 0 Å². The van der Waals surface area contributed by atoms with Crippen LogP contribution in [0, 0.1) is 0 Å². The van der Waals surface area contributed by atoms with Gasteiger partial charge in [0.25, 0.3) is 0 Å². The third-order valence-electron chi connectivity index (χ3n) is 3.48. The molecule has 0 bridgehead atoms. The van der Waals surface area contributed by atoms with Crippen LogP contribution in [0.2, 0.25) is 5.02 Å². The molecule has 0 aliphatic carbocycles. The molecule has 0 spiro atoms. The third kappa shape index (κ3) is 1.92. The molecule has 0 atom stereocenters. The average molecular weight is 295 g/mol. The van der Waals surface area contributed by atoms with Crippen molar-refractivity contribution in [2.24, 2.45) is 0 Å². The van der Waals surface area contributed by atoms with E-state index in [4.69, 9.17) is 17.3 Å². The van der Waals surface area contributed by atoms with Gasteiger partial charge in [-0.05, 0) is 23.6 Å². The molecule has 0 saturated carbocycles. The van der Waals surface area contributed by atoms with Gasteiger partial charge >= 0.3 is 0 Å². The van der Waals surface area contributed by atoms with Gasteiger partial charge in [0.15, 0.2) is 0 Å². The first-order valence-corrected chi connectivity index (χ1v) is 6.90. The summed E-state index contributed by atoms with van der Waals surface area (Å²) < 4.78 is 0. The van der Waals surface area contributed by atoms with E-state index in [0.29, 0.717) is 10.7 Å². The Kier molecular flexibility index (Phi) is 2.59. The molecule has 0 saturated heterocycles. The fourth-order valence-electron chi connectivity index (χ4n) is 2.44. The zero-order valence-electron chi connectivity index (χ0n) is 11.0. The first-order valence-electron chi connectivity index (χ1n) is 6.52. The van der Waals surface area contributed by atoms with Crippen LogP contribution in [0.25, 0.3) is 27.5 Å². The summed E-state index contributed by atoms with van der Waals surface area (Å²) >= 11 is 6.04. The first kappa shape index (κ1) is 12.2. The lowest BCUT2D eigenvalue weighted by molar-refractivity contribution is 0.771. The highest BCUT2D eigenvalue weighted by Gasteiger charge is 2.09. The van der Waals surface area contributed by atoms with Gasteiger partial charge in [-0.1, -0.05) is 48.0 Å². The maximum Gasteiger partial charge on any atom is 0.115 e. The monoisotopic (exact) mass is 294 g/mol. The van der Waals surface area contributed by atoms with Gasteiger partial charge in [-0.15, -0.1) is 15.0 Å². The van der Waals surface area contributed by atoms with Gasteiger partial charge in [-0.3, -0.25) is 0 Å². The molecule has 0 aliphatic heterocycles. The largest absolute Gasteiger partial charge is 0.397 e. The van der Waals surface area contributed by atoms with Crippen molar-refractivity contribution in [1.29, 1.82) is 0 Å². The molecule has 0 unspecified atom stereocenters. The predicted octanol–water partition coefficient (Wildman–Crippen LogP) is 3.81. The minimum absolute atomic E-state index is 0.493. The van der Waals surface area contributed by atoms with E-state index in [-0.39, 0.29) is 0 Å². The zero-order chi connectivity index (χ0) is 14.4. The Labute approximate surface area is 125 Å². The minimum Gasteiger partial charge on any atom is -0.397 e. The highest BCUT2D eigenvalue weighted by Crippen LogP contribution is 2.26. The lowest BCUT2D eigenvalue weighted by atomic mass is 10.1. The molecule has 1 aromatic heterocycles. The lowest BCUT2D eigenvalue weighted by Crippen LogP contribution is -1.99. The van der Waals surface area contributed by atoms with Crippen molar-refractivity contribution in [2.75, 3.05) is 5.73 Å². The van der Waals surface area contributed by atoms with Gasteiger partial charge in [-0.2, -0.15) is 0 Å². The van der Waals surface area contributed by atoms with Crippen molar-refractivity contribution < 1.29 is 0 Å². The molecule has 4 aromatic rings. The summed E-state index contributed by atoms with van der Waals surface area (Å²) in [5.74, 6) is 0. The predicted molar refractivity (Wildman–Crippen MR) is 85.8 cm³/mol. The van der Waals surface area contributed by atoms with Crippen LogP contribution in [0.15, 0.2) is 54.6 Å². The van der Waals surface area contributed by atoms with Gasteiger partial charge in [0.1, 0.15) is 11.0 Å². The Morgan fingerprint density at radius 3 is 2.48 bits per heavy atom. The van der Waals surface area contributed by atoms with E-state index in [0.717, 1.165) is 27.5 Å². The zero-order valence-corrected chi connectivity index (χ0v) is 11.7. The molecule has 21 heavy (non-hydrogen) atoms. The first-order chi connectivity index (χ1) is 10.2. The fourth-order valence-corrected chi connectivity index (χ4v) is 2.60. The molecule has 5 heteroatoms. The molecule has 3 aromatic carbocycles. The van der Waals surface area contributed by atoms with E-state index in [1.807, 2.05) is 24.3 Å². The van der Waals surface area contributed by atoms with Crippen molar-refractivity contribution in [2.45, 2.75) is 0 Å². The summed E-state index contributed by atoms with van der Waals surface area (Å²) in [5.41, 5.74) is 8.70. The van der Waals surface area contributed by atoms with Crippen LogP contribution >= 0.6 is 11.6 Å². The normalized spacial score (nSPS) is 11.3. The fraction of sp³-hybridized carbons (Fsp3) is 0. The van der Waals surface area contributed by atoms with Crippen molar-refractivity contribution in [3.63, 3.8) is 0 Å². The summed E-state index contributed by atoms with van der Waals surface area (Å²) in [5, 5.41) is 11.7. The molecular formula is C16H11ClN4. The number of rotatable bonds is 1. The van der Waals surface area contributed by atoms with Crippen molar-refractivity contribution in [3.8, 4) is 5.69 Å². The molecule has 4 nitrogen and oxygen atoms in total. The van der Waals surface area contributed by atoms with Crippen molar-refractivity contribution >= 4 is 39.1 Å². The number of hydrogen-bond acceptors (Lipinski definition) is 3. The maximum atomic E-state index is 6.04. The van der Waals surface area contributed by atoms with E-state index in [1.165, 1.54) is 0 Å². The number of benzene rings is 3. The van der Waals surface area contributed by atoms with E-state index in [1.54, 1.807) is 16.9 Å². The van der Waals surface area contributed by atoms with Gasteiger partial charge in [0.2, 0.25) is 0 Å². The van der Waals surface area contributed by atoms with Crippen LogP contribution in [0.4, 0.5) is 5.69 Å². The Morgan fingerprint density at radius 2 is 1.62 bits per heavy atom. The second-order valence-electron chi connectivity index (χ2n) is 4.85. The number of halogens is 1. The van der Waals surface area contributed by atoms with Crippen LogP contribution in [0.1, 0.15) is 0 Å². The van der Waals surface area contributed by atoms with Crippen molar-refractivity contribution in [1.82, 2.24) is 15.0 Å². The molecule has 0 aliphatic rings. The molecule has 0 fully saturated rings. The number of fused-ring (bicyclic) bond motifs is 2. The van der Waals surface area contributed by atoms with E-state index in [2.05, 4.69) is 28.4 Å². The topological polar surface area (TPSA) is 56.7 Å². The summed E-state index contributed by atoms with van der Waals surface area (Å²) in [7, 11) is 0. The van der Waals surface area contributed by atoms with E-state index < -0.39 is 0 Å². The van der Waals surface area contributed by atoms with E-state index >= 15 is 0 Å². The standard InChI is InChI=1S/C16H11ClN4/c17-12-8-14-15(9-13(12)18)20-21(19-14)16-7-3-5-10-4-1-2-6-11(10)16/h1-9H,18H2. The van der Waals surface area contributed by atoms with E-state index in [9.17, 15) is 0 Å². The molecule has 0 amide bonds. The molecule has 102 valence electrons.